The van der Waals surface area contributed by atoms with Crippen molar-refractivity contribution in [3.8, 4) is 16.9 Å². The Morgan fingerprint density at radius 2 is 2.03 bits per heavy atom. The predicted molar refractivity (Wildman–Crippen MR) is 118 cm³/mol. The Bertz CT molecular complexity index is 1080. The molecule has 1 aromatic heterocycles. The number of carbonyl (C=O) groups is 2. The molecule has 1 unspecified atom stereocenters. The molecular weight excluding hydrogens is 414 g/mol. The van der Waals surface area contributed by atoms with E-state index in [-0.39, 0.29) is 24.6 Å². The third-order valence-corrected chi connectivity index (χ3v) is 5.60. The number of nitrogens with zero attached hydrogens (tertiary/aromatic N) is 1. The molecule has 0 radical (unpaired) electrons. The second kappa shape index (κ2) is 9.29. The van der Waals surface area contributed by atoms with Gasteiger partial charge in [0, 0.05) is 31.7 Å². The van der Waals surface area contributed by atoms with Gasteiger partial charge in [0.05, 0.1) is 18.1 Å². The van der Waals surface area contributed by atoms with E-state index >= 15 is 0 Å². The summed E-state index contributed by atoms with van der Waals surface area (Å²) in [6, 6.07) is 13.9. The van der Waals surface area contributed by atoms with Gasteiger partial charge in [0.2, 0.25) is 0 Å². The number of hydrogen-bond donors (Lipinski definition) is 4. The van der Waals surface area contributed by atoms with E-state index in [1.54, 1.807) is 12.5 Å². The van der Waals surface area contributed by atoms with Crippen LogP contribution in [0.5, 0.6) is 5.75 Å². The van der Waals surface area contributed by atoms with Gasteiger partial charge in [0.25, 0.3) is 6.47 Å². The van der Waals surface area contributed by atoms with Crippen molar-refractivity contribution in [2.45, 2.75) is 11.6 Å². The van der Waals surface area contributed by atoms with Gasteiger partial charge in [-0.05, 0) is 34.5 Å². The number of carbonyl (C=O) groups excluding carboxylic acids is 1. The maximum atomic E-state index is 11.3. The summed E-state index contributed by atoms with van der Waals surface area (Å²) in [5, 5.41) is 25.2. The van der Waals surface area contributed by atoms with Crippen LogP contribution >= 0.6 is 0 Å². The summed E-state index contributed by atoms with van der Waals surface area (Å²) >= 11 is 0. The van der Waals surface area contributed by atoms with E-state index in [4.69, 9.17) is 19.1 Å². The van der Waals surface area contributed by atoms with Crippen LogP contribution < -0.4 is 15.4 Å². The number of fused-ring (bicyclic) bond motifs is 1. The Hall–Kier alpha value is -3.56. The fourth-order valence-electron chi connectivity index (χ4n) is 4.27. The van der Waals surface area contributed by atoms with Crippen molar-refractivity contribution in [3.63, 3.8) is 0 Å². The maximum absolute atomic E-state index is 11.3. The van der Waals surface area contributed by atoms with Crippen molar-refractivity contribution < 1.29 is 29.0 Å². The molecule has 2 saturated heterocycles. The van der Waals surface area contributed by atoms with Crippen molar-refractivity contribution in [2.75, 3.05) is 32.8 Å². The molecule has 5 rings (SSSR count). The lowest BCUT2D eigenvalue weighted by Crippen LogP contribution is -2.69. The lowest BCUT2D eigenvalue weighted by atomic mass is 9.91. The maximum Gasteiger partial charge on any atom is 0.315 e. The van der Waals surface area contributed by atoms with Crippen LogP contribution in [0.15, 0.2) is 59.4 Å². The van der Waals surface area contributed by atoms with Crippen molar-refractivity contribution in [2.24, 2.45) is 0 Å². The van der Waals surface area contributed by atoms with Crippen LogP contribution in [0, 0.1) is 0 Å². The quantitative estimate of drug-likeness (QED) is 0.433. The smallest absolute Gasteiger partial charge is 0.315 e. The molecule has 9 heteroatoms. The molecule has 0 saturated carbocycles. The summed E-state index contributed by atoms with van der Waals surface area (Å²) in [6.45, 7) is 2.59. The molecular formula is C23H25N3O6. The third-order valence-electron chi connectivity index (χ3n) is 5.60. The second-order valence-corrected chi connectivity index (χ2v) is 8.03. The number of likely N-dealkylation sites (tertiary alicyclic amines) is 1. The summed E-state index contributed by atoms with van der Waals surface area (Å²) in [6.07, 6.45) is 2.77. The molecule has 2 aliphatic heterocycles. The summed E-state index contributed by atoms with van der Waals surface area (Å²) in [5.74, 6) is 0.714. The first-order valence-electron chi connectivity index (χ1n) is 10.2. The van der Waals surface area contributed by atoms with Gasteiger partial charge in [-0.25, -0.2) is 4.79 Å². The number of ether oxygens (including phenoxy) is 1. The number of benzene rings is 2. The molecule has 2 aliphatic rings. The van der Waals surface area contributed by atoms with E-state index < -0.39 is 6.10 Å². The monoisotopic (exact) mass is 439 g/mol. The Kier molecular flexibility index (Phi) is 6.29. The Morgan fingerprint density at radius 1 is 1.25 bits per heavy atom. The number of rotatable bonds is 6. The van der Waals surface area contributed by atoms with Gasteiger partial charge in [-0.15, -0.1) is 0 Å². The lowest BCUT2D eigenvalue weighted by molar-refractivity contribution is -0.122. The van der Waals surface area contributed by atoms with Gasteiger partial charge in [0.1, 0.15) is 18.5 Å². The fraction of sp³-hybridized carbons (Fsp3) is 0.304. The molecule has 3 heterocycles. The highest BCUT2D eigenvalue weighted by molar-refractivity contribution is 5.97. The minimum absolute atomic E-state index is 0.113. The number of amides is 2. The summed E-state index contributed by atoms with van der Waals surface area (Å²) < 4.78 is 11.2. The predicted octanol–water partition coefficient (Wildman–Crippen LogP) is 1.91. The Balaban J connectivity index is 0.000000775. The third kappa shape index (κ3) is 4.68. The van der Waals surface area contributed by atoms with E-state index in [1.165, 1.54) is 0 Å². The van der Waals surface area contributed by atoms with E-state index in [1.807, 2.05) is 36.4 Å². The molecule has 2 aromatic carbocycles. The van der Waals surface area contributed by atoms with Crippen LogP contribution in [-0.2, 0) is 4.79 Å². The summed E-state index contributed by atoms with van der Waals surface area (Å²) in [4.78, 5) is 21.8. The molecule has 2 fully saturated rings. The summed E-state index contributed by atoms with van der Waals surface area (Å²) in [7, 11) is 0. The summed E-state index contributed by atoms with van der Waals surface area (Å²) in [5.41, 5.74) is 1.86. The van der Waals surface area contributed by atoms with Gasteiger partial charge in [0.15, 0.2) is 0 Å². The van der Waals surface area contributed by atoms with Crippen LogP contribution in [0.4, 0.5) is 4.79 Å². The molecule has 0 aliphatic carbocycles. The number of β-amino-alcohol motifs (C(OH)–C–C–N with tert-alkyl or cyclic N) is 1. The van der Waals surface area contributed by atoms with Crippen molar-refractivity contribution in [1.82, 2.24) is 15.5 Å². The van der Waals surface area contributed by atoms with Gasteiger partial charge in [-0.1, -0.05) is 24.3 Å². The topological polar surface area (TPSA) is 124 Å². The average molecular weight is 439 g/mol. The fourth-order valence-corrected chi connectivity index (χ4v) is 4.27. The molecule has 168 valence electrons. The standard InChI is InChI=1S/C22H23N3O4.CH2O2/c26-17(9-25-13-22(14-25)12-23-21(27)24-22)11-29-18-7-15-3-1-2-4-19(15)20(8-18)16-5-6-28-10-16;2-1-3/h1-8,10,17,26H,9,11-14H2,(H2,23,24,27);1H,(H,2,3). The zero-order valence-electron chi connectivity index (χ0n) is 17.4. The van der Waals surface area contributed by atoms with E-state index in [9.17, 15) is 9.90 Å². The highest BCUT2D eigenvalue weighted by atomic mass is 16.5. The van der Waals surface area contributed by atoms with Crippen molar-refractivity contribution in [3.05, 3.63) is 55.0 Å². The highest BCUT2D eigenvalue weighted by Gasteiger charge is 2.47. The zero-order chi connectivity index (χ0) is 22.6. The zero-order valence-corrected chi connectivity index (χ0v) is 17.4. The van der Waals surface area contributed by atoms with Crippen LogP contribution in [0.2, 0.25) is 0 Å². The SMILES string of the molecule is O=C1NCC2(CN(CC(O)COc3cc(-c4ccoc4)c4ccccc4c3)C2)N1.O=CO. The number of nitrogens with one attached hydrogen (secondary N) is 2. The number of hydrogen-bond acceptors (Lipinski definition) is 6. The molecule has 2 amide bonds. The van der Waals surface area contributed by atoms with E-state index in [0.717, 1.165) is 35.0 Å². The average Bonchev–Trinajstić information content (AvgIpc) is 3.42. The number of furan rings is 1. The minimum Gasteiger partial charge on any atom is -0.491 e. The molecule has 32 heavy (non-hydrogen) atoms. The largest absolute Gasteiger partial charge is 0.491 e. The van der Waals surface area contributed by atoms with Gasteiger partial charge in [-0.2, -0.15) is 0 Å². The molecule has 4 N–H and O–H groups in total. The highest BCUT2D eigenvalue weighted by Crippen LogP contribution is 2.33. The first-order chi connectivity index (χ1) is 15.5. The van der Waals surface area contributed by atoms with Gasteiger partial charge < -0.3 is 30.0 Å². The first-order valence-corrected chi connectivity index (χ1v) is 10.2. The Labute approximate surface area is 184 Å². The second-order valence-electron chi connectivity index (χ2n) is 8.03. The molecule has 1 atom stereocenters. The number of aliphatic hydroxyl groups is 1. The molecule has 9 nitrogen and oxygen atoms in total. The van der Waals surface area contributed by atoms with Crippen LogP contribution in [0.25, 0.3) is 21.9 Å². The molecule has 3 aromatic rings. The van der Waals surface area contributed by atoms with Gasteiger partial charge in [-0.3, -0.25) is 9.69 Å². The minimum atomic E-state index is -0.610. The number of urea groups is 1. The number of aliphatic hydroxyl groups excluding tert-OH is 1. The van der Waals surface area contributed by atoms with E-state index in [2.05, 4.69) is 21.6 Å². The van der Waals surface area contributed by atoms with Crippen LogP contribution in [0.3, 0.4) is 0 Å². The van der Waals surface area contributed by atoms with Crippen LogP contribution in [0.1, 0.15) is 0 Å². The van der Waals surface area contributed by atoms with Crippen molar-refractivity contribution >= 4 is 23.3 Å². The normalized spacial score (nSPS) is 17.6. The molecule has 0 bridgehead atoms. The van der Waals surface area contributed by atoms with Crippen molar-refractivity contribution in [1.29, 1.82) is 0 Å². The van der Waals surface area contributed by atoms with E-state index in [0.29, 0.717) is 18.8 Å². The van der Waals surface area contributed by atoms with Crippen LogP contribution in [-0.4, -0.2) is 72.0 Å². The lowest BCUT2D eigenvalue weighted by Gasteiger charge is -2.47. The first kappa shape index (κ1) is 21.7. The van der Waals surface area contributed by atoms with Gasteiger partial charge >= 0.3 is 6.03 Å². The number of carboxylic acid groups (broad SMARTS) is 1. The molecule has 1 spiro atoms. The Morgan fingerprint density at radius 3 is 2.72 bits per heavy atom.